The molecule has 4 rings (SSSR count). The average molecular weight is 499 g/mol. The first-order chi connectivity index (χ1) is 16.4. The SMILES string of the molecule is CCOC(=O)C1=C(C)N=c2s/c(=C\c3ccc(Cl)cc3)c(=O)n2[C@H]1c1ccc(OC)c(OC)c1. The number of ether oxygens (including phenoxy) is 3. The van der Waals surface area contributed by atoms with Crippen LogP contribution < -0.4 is 24.4 Å². The van der Waals surface area contributed by atoms with Crippen molar-refractivity contribution in [1.29, 1.82) is 0 Å². The van der Waals surface area contributed by atoms with Gasteiger partial charge in [-0.05, 0) is 55.3 Å². The van der Waals surface area contributed by atoms with Crippen LogP contribution in [0.5, 0.6) is 11.5 Å². The molecule has 1 aliphatic rings. The lowest BCUT2D eigenvalue weighted by atomic mass is 9.95. The van der Waals surface area contributed by atoms with Gasteiger partial charge < -0.3 is 14.2 Å². The Labute approximate surface area is 205 Å². The van der Waals surface area contributed by atoms with Gasteiger partial charge >= 0.3 is 5.97 Å². The van der Waals surface area contributed by atoms with Crippen molar-refractivity contribution in [3.8, 4) is 11.5 Å². The van der Waals surface area contributed by atoms with Crippen LogP contribution in [0.2, 0.25) is 5.02 Å². The first-order valence-electron chi connectivity index (χ1n) is 10.5. The van der Waals surface area contributed by atoms with Crippen molar-refractivity contribution in [2.45, 2.75) is 19.9 Å². The van der Waals surface area contributed by atoms with Crippen LogP contribution in [0.4, 0.5) is 0 Å². The number of thiazole rings is 1. The summed E-state index contributed by atoms with van der Waals surface area (Å²) >= 11 is 7.25. The third-order valence-corrected chi connectivity index (χ3v) is 6.64. The van der Waals surface area contributed by atoms with Crippen LogP contribution in [0.1, 0.15) is 31.0 Å². The van der Waals surface area contributed by atoms with E-state index in [1.807, 2.05) is 12.1 Å². The summed E-state index contributed by atoms with van der Waals surface area (Å²) in [5.74, 6) is 0.511. The summed E-state index contributed by atoms with van der Waals surface area (Å²) in [5, 5.41) is 0.613. The molecule has 176 valence electrons. The summed E-state index contributed by atoms with van der Waals surface area (Å²) in [6.07, 6.45) is 1.79. The molecule has 0 spiro atoms. The monoisotopic (exact) mass is 498 g/mol. The molecule has 0 unspecified atom stereocenters. The molecule has 1 atom stereocenters. The number of benzene rings is 2. The van der Waals surface area contributed by atoms with Crippen molar-refractivity contribution in [2.75, 3.05) is 20.8 Å². The number of fused-ring (bicyclic) bond motifs is 1. The third kappa shape index (κ3) is 4.38. The summed E-state index contributed by atoms with van der Waals surface area (Å²) in [6, 6.07) is 11.8. The minimum Gasteiger partial charge on any atom is -0.493 e. The van der Waals surface area contributed by atoms with Gasteiger partial charge in [-0.2, -0.15) is 0 Å². The highest BCUT2D eigenvalue weighted by Crippen LogP contribution is 2.36. The van der Waals surface area contributed by atoms with Crippen molar-refractivity contribution in [1.82, 2.24) is 4.57 Å². The highest BCUT2D eigenvalue weighted by Gasteiger charge is 2.33. The van der Waals surface area contributed by atoms with Crippen molar-refractivity contribution in [3.63, 3.8) is 0 Å². The molecule has 1 aromatic heterocycles. The van der Waals surface area contributed by atoms with Gasteiger partial charge in [0.2, 0.25) is 0 Å². The zero-order valence-electron chi connectivity index (χ0n) is 19.1. The van der Waals surface area contributed by atoms with Crippen LogP contribution in [-0.4, -0.2) is 31.4 Å². The molecule has 3 aromatic rings. The summed E-state index contributed by atoms with van der Waals surface area (Å²) in [5.41, 5.74) is 2.05. The van der Waals surface area contributed by atoms with E-state index in [1.54, 1.807) is 57.4 Å². The molecule has 9 heteroatoms. The van der Waals surface area contributed by atoms with E-state index < -0.39 is 12.0 Å². The topological polar surface area (TPSA) is 79.1 Å². The average Bonchev–Trinajstić information content (AvgIpc) is 3.13. The van der Waals surface area contributed by atoms with Crippen molar-refractivity contribution in [2.24, 2.45) is 4.99 Å². The predicted molar refractivity (Wildman–Crippen MR) is 131 cm³/mol. The van der Waals surface area contributed by atoms with E-state index in [1.165, 1.54) is 23.0 Å². The molecule has 1 aliphatic heterocycles. The number of halogens is 1. The van der Waals surface area contributed by atoms with E-state index in [0.717, 1.165) is 5.56 Å². The minimum absolute atomic E-state index is 0.204. The number of hydrogen-bond donors (Lipinski definition) is 0. The molecule has 0 N–H and O–H groups in total. The van der Waals surface area contributed by atoms with Gasteiger partial charge in [0, 0.05) is 5.02 Å². The van der Waals surface area contributed by atoms with E-state index in [9.17, 15) is 9.59 Å². The van der Waals surface area contributed by atoms with Gasteiger partial charge in [-0.3, -0.25) is 9.36 Å². The van der Waals surface area contributed by atoms with Gasteiger partial charge in [0.1, 0.15) is 0 Å². The van der Waals surface area contributed by atoms with Crippen LogP contribution >= 0.6 is 22.9 Å². The smallest absolute Gasteiger partial charge is 0.338 e. The molecule has 0 radical (unpaired) electrons. The maximum Gasteiger partial charge on any atom is 0.338 e. The minimum atomic E-state index is -0.734. The standard InChI is InChI=1S/C25H23ClN2O5S/c1-5-33-24(30)21-14(2)27-25-28(22(21)16-8-11-18(31-3)19(13-16)32-4)23(29)20(34-25)12-15-6-9-17(26)10-7-15/h6-13,22H,5H2,1-4H3/b20-12-/t22-/m0/s1. The molecule has 2 heterocycles. The fourth-order valence-corrected chi connectivity index (χ4v) is 5.01. The zero-order chi connectivity index (χ0) is 24.4. The Morgan fingerprint density at radius 1 is 1.15 bits per heavy atom. The third-order valence-electron chi connectivity index (χ3n) is 5.41. The lowest BCUT2D eigenvalue weighted by Gasteiger charge is -2.25. The Morgan fingerprint density at radius 2 is 1.85 bits per heavy atom. The quantitative estimate of drug-likeness (QED) is 0.486. The second-order valence-electron chi connectivity index (χ2n) is 7.47. The second kappa shape index (κ2) is 9.87. The van der Waals surface area contributed by atoms with Crippen LogP contribution in [0.15, 0.2) is 63.5 Å². The number of nitrogens with zero attached hydrogens (tertiary/aromatic N) is 2. The van der Waals surface area contributed by atoms with Crippen LogP contribution in [0, 0.1) is 0 Å². The zero-order valence-corrected chi connectivity index (χ0v) is 20.7. The van der Waals surface area contributed by atoms with Crippen LogP contribution in [0.25, 0.3) is 6.08 Å². The molecule has 0 saturated carbocycles. The highest BCUT2D eigenvalue weighted by atomic mass is 35.5. The summed E-state index contributed by atoms with van der Waals surface area (Å²) in [4.78, 5) is 31.7. The molecule has 2 aromatic carbocycles. The van der Waals surface area contributed by atoms with E-state index in [2.05, 4.69) is 4.99 Å². The Morgan fingerprint density at radius 3 is 2.50 bits per heavy atom. The fraction of sp³-hybridized carbons (Fsp3) is 0.240. The van der Waals surface area contributed by atoms with Crippen molar-refractivity contribution in [3.05, 3.63) is 89.6 Å². The normalized spacial score (nSPS) is 15.6. The van der Waals surface area contributed by atoms with Gasteiger partial charge in [-0.15, -0.1) is 0 Å². The Balaban J connectivity index is 1.96. The highest BCUT2D eigenvalue weighted by molar-refractivity contribution is 7.07. The van der Waals surface area contributed by atoms with Gasteiger partial charge in [-0.25, -0.2) is 9.79 Å². The Hall–Kier alpha value is -3.36. The van der Waals surface area contributed by atoms with Crippen molar-refractivity contribution < 1.29 is 19.0 Å². The maximum atomic E-state index is 13.6. The van der Waals surface area contributed by atoms with E-state index in [4.69, 9.17) is 25.8 Å². The lowest BCUT2D eigenvalue weighted by molar-refractivity contribution is -0.139. The fourth-order valence-electron chi connectivity index (χ4n) is 3.84. The maximum absolute atomic E-state index is 13.6. The molecular formula is C25H23ClN2O5S. The molecule has 0 saturated heterocycles. The molecule has 0 fully saturated rings. The number of rotatable bonds is 6. The number of esters is 1. The van der Waals surface area contributed by atoms with E-state index in [-0.39, 0.29) is 12.2 Å². The van der Waals surface area contributed by atoms with Gasteiger partial charge in [0.15, 0.2) is 16.3 Å². The molecular weight excluding hydrogens is 476 g/mol. The van der Waals surface area contributed by atoms with E-state index in [0.29, 0.717) is 42.7 Å². The van der Waals surface area contributed by atoms with Crippen molar-refractivity contribution >= 4 is 35.0 Å². The molecule has 0 aliphatic carbocycles. The number of hydrogen-bond acceptors (Lipinski definition) is 7. The molecule has 0 amide bonds. The Kier molecular flexibility index (Phi) is 6.90. The number of methoxy groups -OCH3 is 2. The number of allylic oxidation sites excluding steroid dienone is 1. The van der Waals surface area contributed by atoms with Crippen LogP contribution in [-0.2, 0) is 9.53 Å². The van der Waals surface area contributed by atoms with Gasteiger partial charge in [0.05, 0.1) is 42.7 Å². The lowest BCUT2D eigenvalue weighted by Crippen LogP contribution is -2.39. The van der Waals surface area contributed by atoms with E-state index >= 15 is 0 Å². The number of carbonyl (C=O) groups is 1. The van der Waals surface area contributed by atoms with Gasteiger partial charge in [0.25, 0.3) is 5.56 Å². The van der Waals surface area contributed by atoms with Gasteiger partial charge in [-0.1, -0.05) is 41.1 Å². The first kappa shape index (κ1) is 23.8. The predicted octanol–water partition coefficient (Wildman–Crippen LogP) is 3.47. The Bertz CT molecular complexity index is 1450. The van der Waals surface area contributed by atoms with Crippen LogP contribution in [0.3, 0.4) is 0 Å². The molecule has 7 nitrogen and oxygen atoms in total. The summed E-state index contributed by atoms with van der Waals surface area (Å²) < 4.78 is 18.2. The largest absolute Gasteiger partial charge is 0.493 e. The first-order valence-corrected chi connectivity index (χ1v) is 11.7. The summed E-state index contributed by atoms with van der Waals surface area (Å²) in [7, 11) is 3.08. The summed E-state index contributed by atoms with van der Waals surface area (Å²) in [6.45, 7) is 3.69. The molecule has 0 bridgehead atoms. The number of aromatic nitrogens is 1. The number of carbonyl (C=O) groups excluding carboxylic acids is 1. The molecule has 34 heavy (non-hydrogen) atoms. The second-order valence-corrected chi connectivity index (χ2v) is 8.91.